The second-order valence-electron chi connectivity index (χ2n) is 5.03. The zero-order valence-electron chi connectivity index (χ0n) is 15.7. The molecule has 0 saturated carbocycles. The first-order valence-electron chi connectivity index (χ1n) is 8.12. The number of alkyl halides is 6. The van der Waals surface area contributed by atoms with E-state index in [9.17, 15) is 35.9 Å². The summed E-state index contributed by atoms with van der Waals surface area (Å²) in [5, 5.41) is 18.2. The van der Waals surface area contributed by atoms with E-state index in [4.69, 9.17) is 10.2 Å². The first-order valence-corrected chi connectivity index (χ1v) is 8.12. The minimum Gasteiger partial charge on any atom is -0.504 e. The number of rotatable bonds is 9. The van der Waals surface area contributed by atoms with E-state index in [0.717, 1.165) is 0 Å². The van der Waals surface area contributed by atoms with Gasteiger partial charge in [-0.3, -0.25) is 9.98 Å². The monoisotopic (exact) mass is 448 g/mol. The highest BCUT2D eigenvalue weighted by atomic mass is 19.4. The van der Waals surface area contributed by atoms with Crippen molar-refractivity contribution in [2.75, 3.05) is 26.3 Å². The van der Waals surface area contributed by atoms with E-state index in [0.29, 0.717) is 12.4 Å². The SMILES string of the molecule is CCOC(=O)/C(C=NCCN=C/C(C(=O)OCC)=C(\O)C(F)(F)F)=C(/O)C(F)(F)F. The van der Waals surface area contributed by atoms with Crippen LogP contribution in [0.25, 0.3) is 0 Å². The third-order valence-electron chi connectivity index (χ3n) is 2.84. The minimum absolute atomic E-state index is 0.280. The summed E-state index contributed by atoms with van der Waals surface area (Å²) in [4.78, 5) is 29.8. The molecular weight excluding hydrogens is 430 g/mol. The van der Waals surface area contributed by atoms with Crippen LogP contribution in [-0.4, -0.2) is 73.2 Å². The van der Waals surface area contributed by atoms with Gasteiger partial charge in [-0.15, -0.1) is 0 Å². The maximum Gasteiger partial charge on any atom is 0.449 e. The Morgan fingerprint density at radius 3 is 1.30 bits per heavy atom. The fourth-order valence-electron chi connectivity index (χ4n) is 1.57. The van der Waals surface area contributed by atoms with Gasteiger partial charge in [0.25, 0.3) is 0 Å². The van der Waals surface area contributed by atoms with Crippen molar-refractivity contribution in [1.82, 2.24) is 0 Å². The Hall–Kier alpha value is -3.06. The largest absolute Gasteiger partial charge is 0.504 e. The van der Waals surface area contributed by atoms with Crippen molar-refractivity contribution in [3.05, 3.63) is 22.7 Å². The molecule has 0 fully saturated rings. The molecule has 14 heteroatoms. The van der Waals surface area contributed by atoms with Crippen molar-refractivity contribution in [2.24, 2.45) is 9.98 Å². The van der Waals surface area contributed by atoms with Gasteiger partial charge in [-0.2, -0.15) is 26.3 Å². The van der Waals surface area contributed by atoms with Crippen molar-refractivity contribution in [1.29, 1.82) is 0 Å². The summed E-state index contributed by atoms with van der Waals surface area (Å²) in [6.07, 6.45) is -9.77. The van der Waals surface area contributed by atoms with E-state index in [2.05, 4.69) is 19.5 Å². The average Bonchev–Trinajstić information content (AvgIpc) is 2.61. The normalized spacial score (nSPS) is 14.5. The molecule has 0 heterocycles. The van der Waals surface area contributed by atoms with E-state index in [1.165, 1.54) is 13.8 Å². The van der Waals surface area contributed by atoms with Crippen LogP contribution in [0.3, 0.4) is 0 Å². The molecule has 170 valence electrons. The van der Waals surface area contributed by atoms with E-state index >= 15 is 0 Å². The Morgan fingerprint density at radius 2 is 1.07 bits per heavy atom. The highest BCUT2D eigenvalue weighted by Gasteiger charge is 2.39. The van der Waals surface area contributed by atoms with Gasteiger partial charge in [-0.1, -0.05) is 0 Å². The van der Waals surface area contributed by atoms with E-state index < -0.39 is 60.0 Å². The standard InChI is InChI=1S/C16H18F6N2O6/c1-3-29-13(27)9(11(25)15(17,18)19)7-23-5-6-24-8-10(14(28)30-4-2)12(26)16(20,21)22/h7-8,25-26H,3-6H2,1-2H3/b11-9+,12-10+,23-7?,24-8?. The van der Waals surface area contributed by atoms with Gasteiger partial charge in [0.15, 0.2) is 0 Å². The lowest BCUT2D eigenvalue weighted by Gasteiger charge is -2.09. The lowest BCUT2D eigenvalue weighted by Crippen LogP contribution is -2.20. The van der Waals surface area contributed by atoms with Gasteiger partial charge in [0.1, 0.15) is 11.1 Å². The number of esters is 2. The van der Waals surface area contributed by atoms with Gasteiger partial charge in [0.2, 0.25) is 11.5 Å². The highest BCUT2D eigenvalue weighted by Crippen LogP contribution is 2.26. The number of halogens is 6. The van der Waals surface area contributed by atoms with Gasteiger partial charge in [0.05, 0.1) is 26.3 Å². The Morgan fingerprint density at radius 1 is 0.767 bits per heavy atom. The third kappa shape index (κ3) is 8.96. The maximum absolute atomic E-state index is 12.6. The third-order valence-corrected chi connectivity index (χ3v) is 2.84. The number of ether oxygens (including phenoxy) is 2. The molecule has 8 nitrogen and oxygen atoms in total. The maximum atomic E-state index is 12.6. The van der Waals surface area contributed by atoms with Crippen molar-refractivity contribution in [3.8, 4) is 0 Å². The van der Waals surface area contributed by atoms with E-state index in [-0.39, 0.29) is 13.2 Å². The van der Waals surface area contributed by atoms with Crippen molar-refractivity contribution >= 4 is 24.4 Å². The molecule has 30 heavy (non-hydrogen) atoms. The molecule has 0 aromatic heterocycles. The predicted molar refractivity (Wildman–Crippen MR) is 91.4 cm³/mol. The predicted octanol–water partition coefficient (Wildman–Crippen LogP) is 3.00. The molecule has 0 unspecified atom stereocenters. The number of aliphatic imine (C=N–C) groups is 2. The lowest BCUT2D eigenvalue weighted by molar-refractivity contribution is -0.142. The highest BCUT2D eigenvalue weighted by molar-refractivity contribution is 6.10. The Labute approximate surface area is 166 Å². The first-order chi connectivity index (χ1) is 13.8. The molecule has 0 spiro atoms. The quantitative estimate of drug-likeness (QED) is 0.140. The Kier molecular flexibility index (Phi) is 10.6. The summed E-state index contributed by atoms with van der Waals surface area (Å²) < 4.78 is 84.1. The molecule has 0 aliphatic rings. The zero-order valence-corrected chi connectivity index (χ0v) is 15.7. The van der Waals surface area contributed by atoms with Crippen molar-refractivity contribution < 1.29 is 55.6 Å². The molecule has 2 N–H and O–H groups in total. The van der Waals surface area contributed by atoms with Crippen LogP contribution >= 0.6 is 0 Å². The molecule has 0 saturated heterocycles. The van der Waals surface area contributed by atoms with E-state index in [1.807, 2.05) is 0 Å². The topological polar surface area (TPSA) is 118 Å². The molecule has 0 rings (SSSR count). The van der Waals surface area contributed by atoms with Gasteiger partial charge >= 0.3 is 24.3 Å². The van der Waals surface area contributed by atoms with Crippen LogP contribution in [0.15, 0.2) is 32.6 Å². The van der Waals surface area contributed by atoms with Gasteiger partial charge in [0, 0.05) is 12.4 Å². The molecule has 0 amide bonds. The van der Waals surface area contributed by atoms with Crippen LogP contribution in [0.1, 0.15) is 13.8 Å². The molecule has 0 aliphatic carbocycles. The van der Waals surface area contributed by atoms with Crippen molar-refractivity contribution in [3.63, 3.8) is 0 Å². The molecule has 0 aromatic carbocycles. The number of aliphatic hydroxyl groups is 2. The van der Waals surface area contributed by atoms with Crippen molar-refractivity contribution in [2.45, 2.75) is 26.2 Å². The summed E-state index contributed by atoms with van der Waals surface area (Å²) in [6, 6.07) is 0. The molecule has 0 radical (unpaired) electrons. The number of carbonyl (C=O) groups is 2. The Bertz CT molecular complexity index is 675. The number of nitrogens with zero attached hydrogens (tertiary/aromatic N) is 2. The van der Waals surface area contributed by atoms with E-state index in [1.54, 1.807) is 0 Å². The summed E-state index contributed by atoms with van der Waals surface area (Å²) in [6.45, 7) is 1.17. The van der Waals surface area contributed by atoms with Gasteiger partial charge < -0.3 is 19.7 Å². The summed E-state index contributed by atoms with van der Waals surface area (Å²) in [7, 11) is 0. The number of hydrogen-bond donors (Lipinski definition) is 2. The zero-order chi connectivity index (χ0) is 23.5. The number of carbonyl (C=O) groups excluding carboxylic acids is 2. The molecule has 0 aliphatic heterocycles. The van der Waals surface area contributed by atoms with Crippen LogP contribution < -0.4 is 0 Å². The van der Waals surface area contributed by atoms with Crippen LogP contribution in [0.4, 0.5) is 26.3 Å². The fourth-order valence-corrected chi connectivity index (χ4v) is 1.57. The number of hydrogen-bond acceptors (Lipinski definition) is 8. The van der Waals surface area contributed by atoms with Crippen LogP contribution in [0.5, 0.6) is 0 Å². The Balaban J connectivity index is 5.39. The first kappa shape index (κ1) is 26.9. The second kappa shape index (κ2) is 11.8. The molecule has 0 aromatic rings. The van der Waals surface area contributed by atoms with Gasteiger partial charge in [-0.05, 0) is 13.8 Å². The summed E-state index contributed by atoms with van der Waals surface area (Å²) in [5.74, 6) is -7.48. The fraction of sp³-hybridized carbons (Fsp3) is 0.500. The molecule has 0 bridgehead atoms. The van der Waals surface area contributed by atoms with Crippen LogP contribution in [0.2, 0.25) is 0 Å². The number of allylic oxidation sites excluding steroid dienone is 2. The smallest absolute Gasteiger partial charge is 0.449 e. The average molecular weight is 448 g/mol. The minimum atomic E-state index is -5.25. The summed E-state index contributed by atoms with van der Waals surface area (Å²) in [5.41, 5.74) is -2.56. The number of aliphatic hydroxyl groups excluding tert-OH is 2. The van der Waals surface area contributed by atoms with Crippen LogP contribution in [-0.2, 0) is 19.1 Å². The summed E-state index contributed by atoms with van der Waals surface area (Å²) >= 11 is 0. The molecular formula is C16H18F6N2O6. The lowest BCUT2D eigenvalue weighted by atomic mass is 10.2. The van der Waals surface area contributed by atoms with Crippen LogP contribution in [0, 0.1) is 0 Å². The van der Waals surface area contributed by atoms with Gasteiger partial charge in [-0.25, -0.2) is 9.59 Å². The second-order valence-corrected chi connectivity index (χ2v) is 5.03. The molecule has 0 atom stereocenters.